The second kappa shape index (κ2) is 2.65. The van der Waals surface area contributed by atoms with Crippen molar-refractivity contribution in [3.8, 4) is 0 Å². The predicted molar refractivity (Wildman–Crippen MR) is 36.1 cm³/mol. The lowest BCUT2D eigenvalue weighted by Crippen LogP contribution is -2.26. The van der Waals surface area contributed by atoms with Crippen LogP contribution in [0.5, 0.6) is 0 Å². The molecule has 1 saturated heterocycles. The van der Waals surface area contributed by atoms with Crippen molar-refractivity contribution in [1.29, 1.82) is 0 Å². The standard InChI is InChI=1S/C7H14FN/c1-5(2)7-3-6(8)4-9-7/h5-7,9H,3-4H2,1-2H3/t6-,7+/m0/s1. The summed E-state index contributed by atoms with van der Waals surface area (Å²) >= 11 is 0. The minimum absolute atomic E-state index is 0.417. The molecular weight excluding hydrogens is 117 g/mol. The molecule has 2 heteroatoms. The monoisotopic (exact) mass is 131 g/mol. The van der Waals surface area contributed by atoms with Gasteiger partial charge in [-0.05, 0) is 12.3 Å². The number of nitrogens with one attached hydrogen (secondary N) is 1. The van der Waals surface area contributed by atoms with Gasteiger partial charge in [-0.2, -0.15) is 0 Å². The molecule has 0 bridgehead atoms. The van der Waals surface area contributed by atoms with E-state index in [-0.39, 0.29) is 0 Å². The zero-order valence-electron chi connectivity index (χ0n) is 6.02. The Hall–Kier alpha value is -0.110. The third kappa shape index (κ3) is 1.65. The Balaban J connectivity index is 2.30. The largest absolute Gasteiger partial charge is 0.311 e. The van der Waals surface area contributed by atoms with Crippen LogP contribution in [0.25, 0.3) is 0 Å². The average Bonchev–Trinajstić information content (AvgIpc) is 2.14. The van der Waals surface area contributed by atoms with Crippen molar-refractivity contribution in [3.63, 3.8) is 0 Å². The van der Waals surface area contributed by atoms with Crippen molar-refractivity contribution >= 4 is 0 Å². The Morgan fingerprint density at radius 1 is 1.56 bits per heavy atom. The third-order valence-electron chi connectivity index (χ3n) is 1.92. The molecule has 0 aromatic rings. The lowest BCUT2D eigenvalue weighted by Gasteiger charge is -2.12. The molecule has 0 spiro atoms. The van der Waals surface area contributed by atoms with E-state index in [1.807, 2.05) is 0 Å². The molecule has 1 nitrogen and oxygen atoms in total. The smallest absolute Gasteiger partial charge is 0.114 e. The van der Waals surface area contributed by atoms with Gasteiger partial charge in [0.2, 0.25) is 0 Å². The van der Waals surface area contributed by atoms with Crippen LogP contribution in [-0.4, -0.2) is 18.8 Å². The molecule has 0 amide bonds. The van der Waals surface area contributed by atoms with Crippen molar-refractivity contribution in [2.75, 3.05) is 6.54 Å². The van der Waals surface area contributed by atoms with E-state index in [2.05, 4.69) is 19.2 Å². The first-order chi connectivity index (χ1) is 4.20. The van der Waals surface area contributed by atoms with Crippen molar-refractivity contribution < 1.29 is 4.39 Å². The summed E-state index contributed by atoms with van der Waals surface area (Å²) in [4.78, 5) is 0. The van der Waals surface area contributed by atoms with Gasteiger partial charge in [-0.25, -0.2) is 4.39 Å². The van der Waals surface area contributed by atoms with Gasteiger partial charge in [0, 0.05) is 12.6 Å². The summed E-state index contributed by atoms with van der Waals surface area (Å²) in [6.45, 7) is 4.80. The molecule has 1 aliphatic heterocycles. The van der Waals surface area contributed by atoms with Crippen molar-refractivity contribution in [2.24, 2.45) is 5.92 Å². The van der Waals surface area contributed by atoms with Crippen LogP contribution in [-0.2, 0) is 0 Å². The lowest BCUT2D eigenvalue weighted by atomic mass is 10.0. The number of halogens is 1. The second-order valence-electron chi connectivity index (χ2n) is 3.09. The van der Waals surface area contributed by atoms with Crippen LogP contribution in [0, 0.1) is 5.92 Å². The molecule has 9 heavy (non-hydrogen) atoms. The fourth-order valence-electron chi connectivity index (χ4n) is 1.23. The molecule has 0 radical (unpaired) electrons. The maximum absolute atomic E-state index is 12.5. The molecule has 1 rings (SSSR count). The Bertz CT molecular complexity index is 92.9. The summed E-state index contributed by atoms with van der Waals surface area (Å²) in [5, 5.41) is 3.13. The number of rotatable bonds is 1. The van der Waals surface area contributed by atoms with E-state index in [1.54, 1.807) is 0 Å². The summed E-state index contributed by atoms with van der Waals surface area (Å²) in [6.07, 6.45) is 0.106. The van der Waals surface area contributed by atoms with Gasteiger partial charge in [0.25, 0.3) is 0 Å². The topological polar surface area (TPSA) is 12.0 Å². The summed E-state index contributed by atoms with van der Waals surface area (Å²) < 4.78 is 12.5. The summed E-state index contributed by atoms with van der Waals surface area (Å²) in [7, 11) is 0. The molecule has 0 saturated carbocycles. The van der Waals surface area contributed by atoms with Crippen molar-refractivity contribution in [3.05, 3.63) is 0 Å². The summed E-state index contributed by atoms with van der Waals surface area (Å²) in [5.74, 6) is 0.575. The zero-order valence-corrected chi connectivity index (χ0v) is 6.02. The van der Waals surface area contributed by atoms with Crippen LogP contribution in [0.2, 0.25) is 0 Å². The number of hydrogen-bond acceptors (Lipinski definition) is 1. The molecule has 1 aliphatic rings. The summed E-state index contributed by atoms with van der Waals surface area (Å²) in [5.41, 5.74) is 0. The quantitative estimate of drug-likeness (QED) is 0.566. The fraction of sp³-hybridized carbons (Fsp3) is 1.00. The molecule has 2 atom stereocenters. The fourth-order valence-corrected chi connectivity index (χ4v) is 1.23. The first kappa shape index (κ1) is 7.00. The maximum atomic E-state index is 12.5. The molecule has 0 aromatic carbocycles. The highest BCUT2D eigenvalue weighted by Crippen LogP contribution is 2.16. The molecule has 1 N–H and O–H groups in total. The second-order valence-corrected chi connectivity index (χ2v) is 3.09. The van der Waals surface area contributed by atoms with E-state index in [4.69, 9.17) is 0 Å². The van der Waals surface area contributed by atoms with Gasteiger partial charge < -0.3 is 5.32 Å². The van der Waals surface area contributed by atoms with E-state index in [0.717, 1.165) is 0 Å². The van der Waals surface area contributed by atoms with Gasteiger partial charge in [0.1, 0.15) is 6.17 Å². The highest BCUT2D eigenvalue weighted by atomic mass is 19.1. The molecule has 54 valence electrons. The highest BCUT2D eigenvalue weighted by Gasteiger charge is 2.25. The van der Waals surface area contributed by atoms with E-state index in [1.165, 1.54) is 0 Å². The molecule has 0 aromatic heterocycles. The first-order valence-electron chi connectivity index (χ1n) is 3.57. The molecule has 1 fully saturated rings. The van der Waals surface area contributed by atoms with Gasteiger partial charge in [-0.15, -0.1) is 0 Å². The van der Waals surface area contributed by atoms with Gasteiger partial charge >= 0.3 is 0 Å². The van der Waals surface area contributed by atoms with Crippen molar-refractivity contribution in [2.45, 2.75) is 32.5 Å². The Labute approximate surface area is 55.6 Å². The Kier molecular flexibility index (Phi) is 2.06. The average molecular weight is 131 g/mol. The number of hydrogen-bond donors (Lipinski definition) is 1. The summed E-state index contributed by atoms with van der Waals surface area (Å²) in [6, 6.07) is 0.417. The van der Waals surface area contributed by atoms with E-state index in [0.29, 0.717) is 24.9 Å². The van der Waals surface area contributed by atoms with E-state index in [9.17, 15) is 4.39 Å². The minimum Gasteiger partial charge on any atom is -0.311 e. The molecule has 1 heterocycles. The van der Waals surface area contributed by atoms with Crippen molar-refractivity contribution in [1.82, 2.24) is 5.32 Å². The van der Waals surface area contributed by atoms with Gasteiger partial charge in [0.15, 0.2) is 0 Å². The van der Waals surface area contributed by atoms with Crippen LogP contribution < -0.4 is 5.32 Å². The van der Waals surface area contributed by atoms with Crippen LogP contribution >= 0.6 is 0 Å². The van der Waals surface area contributed by atoms with E-state index < -0.39 is 6.17 Å². The molecule has 0 unspecified atom stereocenters. The Morgan fingerprint density at radius 3 is 2.44 bits per heavy atom. The zero-order chi connectivity index (χ0) is 6.85. The van der Waals surface area contributed by atoms with E-state index >= 15 is 0 Å². The first-order valence-corrected chi connectivity index (χ1v) is 3.57. The minimum atomic E-state index is -0.600. The maximum Gasteiger partial charge on any atom is 0.114 e. The normalized spacial score (nSPS) is 36.0. The molecule has 0 aliphatic carbocycles. The van der Waals surface area contributed by atoms with Crippen LogP contribution in [0.15, 0.2) is 0 Å². The number of alkyl halides is 1. The molecular formula is C7H14FN. The van der Waals surface area contributed by atoms with Crippen LogP contribution in [0.3, 0.4) is 0 Å². The lowest BCUT2D eigenvalue weighted by molar-refractivity contribution is 0.344. The predicted octanol–water partition coefficient (Wildman–Crippen LogP) is 1.34. The van der Waals surface area contributed by atoms with Gasteiger partial charge in [-0.3, -0.25) is 0 Å². The van der Waals surface area contributed by atoms with Crippen LogP contribution in [0.1, 0.15) is 20.3 Å². The SMILES string of the molecule is CC(C)[C@H]1C[C@H](F)CN1. The third-order valence-corrected chi connectivity index (χ3v) is 1.92. The van der Waals surface area contributed by atoms with Gasteiger partial charge in [0.05, 0.1) is 0 Å². The van der Waals surface area contributed by atoms with Gasteiger partial charge in [-0.1, -0.05) is 13.8 Å². The van der Waals surface area contributed by atoms with Crippen LogP contribution in [0.4, 0.5) is 4.39 Å². The Morgan fingerprint density at radius 2 is 2.22 bits per heavy atom. The highest BCUT2D eigenvalue weighted by molar-refractivity contribution is 4.82.